The van der Waals surface area contributed by atoms with Gasteiger partial charge in [-0.05, 0) is 18.1 Å². The zero-order chi connectivity index (χ0) is 7.52. The van der Waals surface area contributed by atoms with Gasteiger partial charge in [0.1, 0.15) is 0 Å². The highest BCUT2D eigenvalue weighted by Crippen LogP contribution is 2.23. The fraction of sp³-hybridized carbons (Fsp3) is 0.100. The minimum atomic E-state index is 1.03. The Morgan fingerprint density at radius 2 is 2.18 bits per heavy atom. The maximum atomic E-state index is 5.05. The van der Waals surface area contributed by atoms with Crippen molar-refractivity contribution in [2.45, 2.75) is 6.42 Å². The Bertz CT molecular complexity index is 267. The van der Waals surface area contributed by atoms with Crippen molar-refractivity contribution in [1.82, 2.24) is 0 Å². The standard InChI is InChI=1S/C10H9O/c1-2-5-9(4-1)10-6-3-7-11-8-10/h1-4,6-8H,5H2. The highest BCUT2D eigenvalue weighted by molar-refractivity contribution is 5.45. The fourth-order valence-corrected chi connectivity index (χ4v) is 1.18. The Hall–Kier alpha value is -1.24. The Morgan fingerprint density at radius 3 is 2.82 bits per heavy atom. The van der Waals surface area contributed by atoms with Crippen molar-refractivity contribution in [2.75, 3.05) is 0 Å². The van der Waals surface area contributed by atoms with Crippen LogP contribution < -0.4 is 0 Å². The molecule has 1 heterocycles. The molecule has 0 aromatic carbocycles. The van der Waals surface area contributed by atoms with Gasteiger partial charge in [0, 0.05) is 5.57 Å². The molecule has 0 N–H and O–H groups in total. The van der Waals surface area contributed by atoms with Crippen LogP contribution >= 0.6 is 0 Å². The zero-order valence-electron chi connectivity index (χ0n) is 6.16. The topological polar surface area (TPSA) is 9.23 Å². The van der Waals surface area contributed by atoms with Crippen LogP contribution in [0.2, 0.25) is 0 Å². The van der Waals surface area contributed by atoms with Crippen molar-refractivity contribution in [1.29, 1.82) is 0 Å². The first-order valence-corrected chi connectivity index (χ1v) is 3.68. The van der Waals surface area contributed by atoms with Crippen LogP contribution in [0.4, 0.5) is 0 Å². The maximum Gasteiger partial charge on any atom is 0.164 e. The first-order valence-electron chi connectivity index (χ1n) is 3.68. The van der Waals surface area contributed by atoms with Gasteiger partial charge in [0.2, 0.25) is 0 Å². The summed E-state index contributed by atoms with van der Waals surface area (Å²) in [5.74, 6) is 0. The molecule has 2 aliphatic rings. The highest BCUT2D eigenvalue weighted by Gasteiger charge is 2.07. The van der Waals surface area contributed by atoms with Gasteiger partial charge in [-0.2, -0.15) is 0 Å². The van der Waals surface area contributed by atoms with Gasteiger partial charge in [-0.15, -0.1) is 0 Å². The summed E-state index contributed by atoms with van der Waals surface area (Å²) < 4.78 is 5.05. The molecule has 11 heavy (non-hydrogen) atoms. The second kappa shape index (κ2) is 2.79. The normalized spacial score (nSPS) is 21.1. The summed E-state index contributed by atoms with van der Waals surface area (Å²) in [6.45, 7) is 1.78. The molecule has 0 fully saturated rings. The summed E-state index contributed by atoms with van der Waals surface area (Å²) in [6, 6.07) is 0. The lowest BCUT2D eigenvalue weighted by molar-refractivity contribution is 0.347. The Labute approximate surface area is 66.4 Å². The van der Waals surface area contributed by atoms with Crippen molar-refractivity contribution >= 4 is 0 Å². The molecule has 0 aromatic heterocycles. The second-order valence-electron chi connectivity index (χ2n) is 2.53. The van der Waals surface area contributed by atoms with E-state index in [0.29, 0.717) is 0 Å². The number of allylic oxidation sites excluding steroid dienone is 5. The number of hydrogen-bond acceptors (Lipinski definition) is 1. The third-order valence-corrected chi connectivity index (χ3v) is 1.77. The quantitative estimate of drug-likeness (QED) is 0.550. The predicted molar refractivity (Wildman–Crippen MR) is 44.4 cm³/mol. The summed E-state index contributed by atoms with van der Waals surface area (Å²) in [5.41, 5.74) is 2.51. The fourth-order valence-electron chi connectivity index (χ4n) is 1.18. The minimum absolute atomic E-state index is 1.03. The van der Waals surface area contributed by atoms with Crippen molar-refractivity contribution in [2.24, 2.45) is 0 Å². The molecular weight excluding hydrogens is 136 g/mol. The summed E-state index contributed by atoms with van der Waals surface area (Å²) >= 11 is 0. The second-order valence-corrected chi connectivity index (χ2v) is 2.53. The van der Waals surface area contributed by atoms with Gasteiger partial charge in [0.05, 0.1) is 6.26 Å². The molecule has 0 atom stereocenters. The van der Waals surface area contributed by atoms with Gasteiger partial charge in [-0.3, -0.25) is 0 Å². The van der Waals surface area contributed by atoms with Gasteiger partial charge in [-0.1, -0.05) is 24.3 Å². The Morgan fingerprint density at radius 1 is 1.18 bits per heavy atom. The molecule has 0 saturated carbocycles. The largest absolute Gasteiger partial charge is 0.489 e. The van der Waals surface area contributed by atoms with Crippen LogP contribution in [0.5, 0.6) is 0 Å². The van der Waals surface area contributed by atoms with Gasteiger partial charge >= 0.3 is 0 Å². The minimum Gasteiger partial charge on any atom is -0.489 e. The van der Waals surface area contributed by atoms with Crippen LogP contribution in [0, 0.1) is 6.61 Å². The molecule has 1 aliphatic carbocycles. The molecular formula is C10H9O. The van der Waals surface area contributed by atoms with E-state index in [2.05, 4.69) is 24.3 Å². The molecule has 1 aliphatic heterocycles. The lowest BCUT2D eigenvalue weighted by Gasteiger charge is -2.09. The van der Waals surface area contributed by atoms with E-state index < -0.39 is 0 Å². The van der Waals surface area contributed by atoms with Crippen LogP contribution in [0.25, 0.3) is 0 Å². The van der Waals surface area contributed by atoms with Gasteiger partial charge in [0.25, 0.3) is 0 Å². The molecule has 0 spiro atoms. The van der Waals surface area contributed by atoms with Crippen LogP contribution in [-0.4, -0.2) is 0 Å². The van der Waals surface area contributed by atoms with E-state index in [1.54, 1.807) is 12.9 Å². The summed E-state index contributed by atoms with van der Waals surface area (Å²) in [4.78, 5) is 0. The number of ether oxygens (including phenoxy) is 1. The molecule has 1 nitrogen and oxygen atoms in total. The highest BCUT2D eigenvalue weighted by atomic mass is 16.5. The van der Waals surface area contributed by atoms with Crippen molar-refractivity contribution < 1.29 is 4.74 Å². The van der Waals surface area contributed by atoms with Crippen LogP contribution in [0.1, 0.15) is 6.42 Å². The summed E-state index contributed by atoms with van der Waals surface area (Å²) in [6.07, 6.45) is 13.0. The molecule has 1 heteroatoms. The van der Waals surface area contributed by atoms with Gasteiger partial charge < -0.3 is 4.74 Å². The molecule has 0 aromatic rings. The van der Waals surface area contributed by atoms with Crippen molar-refractivity contribution in [3.05, 3.63) is 54.4 Å². The first-order chi connectivity index (χ1) is 5.47. The van der Waals surface area contributed by atoms with E-state index in [9.17, 15) is 0 Å². The predicted octanol–water partition coefficient (Wildman–Crippen LogP) is 2.50. The third kappa shape index (κ3) is 1.27. The van der Waals surface area contributed by atoms with Crippen LogP contribution in [0.3, 0.4) is 0 Å². The molecule has 2 rings (SSSR count). The number of hydrogen-bond donors (Lipinski definition) is 0. The Balaban J connectivity index is 2.16. The van der Waals surface area contributed by atoms with Crippen LogP contribution in [-0.2, 0) is 4.74 Å². The van der Waals surface area contributed by atoms with Crippen molar-refractivity contribution in [3.8, 4) is 0 Å². The maximum absolute atomic E-state index is 5.05. The smallest absolute Gasteiger partial charge is 0.164 e. The molecule has 0 amide bonds. The SMILES string of the molecule is [CH]1OC=CC=C1C1=CC=CC1. The molecule has 1 radical (unpaired) electrons. The van der Waals surface area contributed by atoms with Crippen LogP contribution in [0.15, 0.2) is 47.8 Å². The lowest BCUT2D eigenvalue weighted by atomic mass is 10.1. The summed E-state index contributed by atoms with van der Waals surface area (Å²) in [7, 11) is 0. The molecule has 55 valence electrons. The number of rotatable bonds is 1. The van der Waals surface area contributed by atoms with E-state index in [1.807, 2.05) is 6.08 Å². The third-order valence-electron chi connectivity index (χ3n) is 1.77. The Kier molecular flexibility index (Phi) is 1.64. The van der Waals surface area contributed by atoms with E-state index in [1.165, 1.54) is 11.1 Å². The van der Waals surface area contributed by atoms with E-state index in [-0.39, 0.29) is 0 Å². The van der Waals surface area contributed by atoms with E-state index >= 15 is 0 Å². The molecule has 0 bridgehead atoms. The van der Waals surface area contributed by atoms with Gasteiger partial charge in [-0.25, -0.2) is 0 Å². The van der Waals surface area contributed by atoms with E-state index in [0.717, 1.165) is 6.42 Å². The van der Waals surface area contributed by atoms with E-state index in [4.69, 9.17) is 4.74 Å². The lowest BCUT2D eigenvalue weighted by Crippen LogP contribution is -1.93. The average Bonchev–Trinajstić information content (AvgIpc) is 2.58. The van der Waals surface area contributed by atoms with Gasteiger partial charge in [0.15, 0.2) is 6.61 Å². The monoisotopic (exact) mass is 145 g/mol. The first kappa shape index (κ1) is 6.47. The molecule has 0 saturated heterocycles. The van der Waals surface area contributed by atoms with Crippen molar-refractivity contribution in [3.63, 3.8) is 0 Å². The zero-order valence-corrected chi connectivity index (χ0v) is 6.16. The average molecular weight is 145 g/mol. The summed E-state index contributed by atoms with van der Waals surface area (Å²) in [5, 5.41) is 0. The molecule has 0 unspecified atom stereocenters.